The van der Waals surface area contributed by atoms with Crippen LogP contribution in [0.5, 0.6) is 5.75 Å². The summed E-state index contributed by atoms with van der Waals surface area (Å²) in [6.07, 6.45) is 0. The van der Waals surface area contributed by atoms with Gasteiger partial charge in [0.1, 0.15) is 12.4 Å². The van der Waals surface area contributed by atoms with E-state index >= 15 is 0 Å². The normalized spacial score (nSPS) is 16.7. The molecule has 0 saturated carbocycles. The zero-order chi connectivity index (χ0) is 22.5. The molecule has 0 amide bonds. The number of hydrogen-bond acceptors (Lipinski definition) is 3. The number of rotatable bonds is 4. The van der Waals surface area contributed by atoms with Gasteiger partial charge in [-0.15, -0.1) is 0 Å². The third-order valence-electron chi connectivity index (χ3n) is 6.17. The lowest BCUT2D eigenvalue weighted by Crippen LogP contribution is -2.43. The van der Waals surface area contributed by atoms with Crippen molar-refractivity contribution in [1.29, 1.82) is 0 Å². The molecule has 160 valence electrons. The Morgan fingerprint density at radius 3 is 2.53 bits per heavy atom. The van der Waals surface area contributed by atoms with E-state index in [4.69, 9.17) is 9.47 Å². The van der Waals surface area contributed by atoms with E-state index in [0.29, 0.717) is 0 Å². The van der Waals surface area contributed by atoms with Gasteiger partial charge in [-0.25, -0.2) is 4.79 Å². The van der Waals surface area contributed by atoms with Crippen LogP contribution >= 0.6 is 0 Å². The third-order valence-corrected chi connectivity index (χ3v) is 6.17. The fourth-order valence-electron chi connectivity index (χ4n) is 4.59. The molecular weight excluding hydrogens is 398 g/mol. The Labute approximate surface area is 187 Å². The van der Waals surface area contributed by atoms with Crippen LogP contribution in [0.3, 0.4) is 0 Å². The van der Waals surface area contributed by atoms with Crippen LogP contribution in [0.4, 0.5) is 0 Å². The van der Waals surface area contributed by atoms with E-state index in [2.05, 4.69) is 36.3 Å². The molecule has 4 heteroatoms. The van der Waals surface area contributed by atoms with Crippen molar-refractivity contribution < 1.29 is 14.3 Å². The molecule has 4 nitrogen and oxygen atoms in total. The van der Waals surface area contributed by atoms with Gasteiger partial charge >= 0.3 is 5.97 Å². The molecule has 1 atom stereocenters. The lowest BCUT2D eigenvalue weighted by Gasteiger charge is -2.40. The van der Waals surface area contributed by atoms with Crippen molar-refractivity contribution in [2.45, 2.75) is 33.1 Å². The highest BCUT2D eigenvalue weighted by Crippen LogP contribution is 2.48. The number of carbonyl (C=O) groups is 1. The Balaban J connectivity index is 1.61. The molecule has 5 rings (SSSR count). The number of nitrogens with zero attached hydrogens (tertiary/aromatic N) is 1. The molecule has 2 heterocycles. The minimum Gasteiger partial charge on any atom is -0.463 e. The van der Waals surface area contributed by atoms with Crippen molar-refractivity contribution in [2.75, 3.05) is 0 Å². The van der Waals surface area contributed by atoms with Crippen LogP contribution < -0.4 is 4.74 Å². The summed E-state index contributed by atoms with van der Waals surface area (Å²) in [5.41, 5.74) is 5.30. The Morgan fingerprint density at radius 1 is 1.03 bits per heavy atom. The Morgan fingerprint density at radius 2 is 1.75 bits per heavy atom. The lowest BCUT2D eigenvalue weighted by atomic mass is 9.96. The van der Waals surface area contributed by atoms with Crippen molar-refractivity contribution in [3.63, 3.8) is 0 Å². The average Bonchev–Trinajstić information content (AvgIpc) is 3.17. The summed E-state index contributed by atoms with van der Waals surface area (Å²) in [5, 5.41) is 1.08. The van der Waals surface area contributed by atoms with Crippen molar-refractivity contribution >= 4 is 16.9 Å². The maximum atomic E-state index is 13.1. The van der Waals surface area contributed by atoms with E-state index < -0.39 is 11.7 Å². The standard InChI is InChI=1S/C28H25NO3/c1-18-14-19(2)26-24-16-22-12-8-9-13-23(22)29(24)28(4,32-25(26)15-18)20(3)27(30)31-17-21-10-6-5-7-11-21/h5-16H,3,17H2,1-2,4H3. The second-order valence-corrected chi connectivity index (χ2v) is 8.50. The van der Waals surface area contributed by atoms with Crippen molar-refractivity contribution in [1.82, 2.24) is 4.57 Å². The summed E-state index contributed by atoms with van der Waals surface area (Å²) < 4.78 is 14.3. The predicted octanol–water partition coefficient (Wildman–Crippen LogP) is 6.29. The zero-order valence-corrected chi connectivity index (χ0v) is 18.5. The molecule has 1 aromatic heterocycles. The molecule has 4 aromatic rings. The number of ether oxygens (including phenoxy) is 2. The number of aryl methyl sites for hydroxylation is 2. The summed E-state index contributed by atoms with van der Waals surface area (Å²) >= 11 is 0. The predicted molar refractivity (Wildman–Crippen MR) is 127 cm³/mol. The maximum absolute atomic E-state index is 13.1. The van der Waals surface area contributed by atoms with E-state index in [1.807, 2.05) is 68.4 Å². The SMILES string of the molecule is C=C(C(=O)OCc1ccccc1)C1(C)Oc2cc(C)cc(C)c2-c2cc3ccccc3n21. The molecule has 0 fully saturated rings. The highest BCUT2D eigenvalue weighted by atomic mass is 16.5. The summed E-state index contributed by atoms with van der Waals surface area (Å²) in [4.78, 5) is 13.1. The van der Waals surface area contributed by atoms with E-state index in [1.54, 1.807) is 0 Å². The third kappa shape index (κ3) is 3.11. The van der Waals surface area contributed by atoms with E-state index in [1.165, 1.54) is 0 Å². The number of hydrogen-bond donors (Lipinski definition) is 0. The number of fused-ring (bicyclic) bond motifs is 5. The van der Waals surface area contributed by atoms with Gasteiger partial charge in [0.25, 0.3) is 0 Å². The van der Waals surface area contributed by atoms with Gasteiger partial charge in [-0.2, -0.15) is 0 Å². The first-order valence-electron chi connectivity index (χ1n) is 10.7. The van der Waals surface area contributed by atoms with Gasteiger partial charge in [0.15, 0.2) is 0 Å². The van der Waals surface area contributed by atoms with Crippen LogP contribution in [0, 0.1) is 13.8 Å². The largest absolute Gasteiger partial charge is 0.463 e. The molecule has 32 heavy (non-hydrogen) atoms. The molecule has 1 aliphatic heterocycles. The van der Waals surface area contributed by atoms with E-state index in [-0.39, 0.29) is 12.2 Å². The fraction of sp³-hybridized carbons (Fsp3) is 0.179. The lowest BCUT2D eigenvalue weighted by molar-refractivity contribution is -0.143. The van der Waals surface area contributed by atoms with Gasteiger partial charge in [-0.05, 0) is 48.7 Å². The Bertz CT molecular complexity index is 1370. The summed E-state index contributed by atoms with van der Waals surface area (Å²) in [6, 6.07) is 24.1. The molecule has 0 bridgehead atoms. The first-order valence-corrected chi connectivity index (χ1v) is 10.7. The smallest absolute Gasteiger partial charge is 0.339 e. The number of para-hydroxylation sites is 1. The first-order chi connectivity index (χ1) is 15.4. The van der Waals surface area contributed by atoms with Gasteiger partial charge in [-0.3, -0.25) is 4.57 Å². The van der Waals surface area contributed by atoms with Crippen LogP contribution in [0.2, 0.25) is 0 Å². The summed E-state index contributed by atoms with van der Waals surface area (Å²) in [5.74, 6) is 0.269. The van der Waals surface area contributed by atoms with Gasteiger partial charge in [0.2, 0.25) is 5.72 Å². The first kappa shape index (κ1) is 20.1. The van der Waals surface area contributed by atoms with Crippen LogP contribution in [-0.2, 0) is 21.9 Å². The fourth-order valence-corrected chi connectivity index (χ4v) is 4.59. The second kappa shape index (κ2) is 7.41. The van der Waals surface area contributed by atoms with Crippen molar-refractivity contribution in [2.24, 2.45) is 0 Å². The summed E-state index contributed by atoms with van der Waals surface area (Å²) in [7, 11) is 0. The maximum Gasteiger partial charge on any atom is 0.339 e. The minimum absolute atomic E-state index is 0.183. The Kier molecular flexibility index (Phi) is 4.66. The van der Waals surface area contributed by atoms with Crippen LogP contribution in [0.15, 0.2) is 84.9 Å². The summed E-state index contributed by atoms with van der Waals surface area (Å²) in [6.45, 7) is 10.3. The molecule has 1 unspecified atom stereocenters. The number of esters is 1. The zero-order valence-electron chi connectivity index (χ0n) is 18.5. The molecule has 3 aromatic carbocycles. The van der Waals surface area contributed by atoms with Crippen LogP contribution in [0.25, 0.3) is 22.2 Å². The number of carbonyl (C=O) groups excluding carboxylic acids is 1. The van der Waals surface area contributed by atoms with E-state index in [0.717, 1.165) is 44.6 Å². The quantitative estimate of drug-likeness (QED) is 0.286. The van der Waals surface area contributed by atoms with Crippen LogP contribution in [-0.4, -0.2) is 10.5 Å². The molecule has 0 saturated heterocycles. The topological polar surface area (TPSA) is 40.5 Å². The average molecular weight is 424 g/mol. The monoisotopic (exact) mass is 423 g/mol. The number of aromatic nitrogens is 1. The van der Waals surface area contributed by atoms with E-state index in [9.17, 15) is 4.79 Å². The Hall–Kier alpha value is -3.79. The molecule has 0 radical (unpaired) electrons. The van der Waals surface area contributed by atoms with Crippen LogP contribution in [0.1, 0.15) is 23.6 Å². The second-order valence-electron chi connectivity index (χ2n) is 8.50. The minimum atomic E-state index is -1.13. The molecule has 0 spiro atoms. The highest BCUT2D eigenvalue weighted by molar-refractivity contribution is 5.94. The molecule has 1 aliphatic rings. The van der Waals surface area contributed by atoms with Gasteiger partial charge in [0, 0.05) is 17.9 Å². The molecule has 0 aliphatic carbocycles. The highest BCUT2D eigenvalue weighted by Gasteiger charge is 2.43. The van der Waals surface area contributed by atoms with Gasteiger partial charge in [-0.1, -0.05) is 61.2 Å². The number of benzene rings is 3. The molecular formula is C28H25NO3. The molecule has 0 N–H and O–H groups in total. The van der Waals surface area contributed by atoms with Gasteiger partial charge < -0.3 is 9.47 Å². The van der Waals surface area contributed by atoms with Gasteiger partial charge in [0.05, 0.1) is 16.8 Å². The van der Waals surface area contributed by atoms with Crippen molar-refractivity contribution in [3.8, 4) is 17.0 Å². The van der Waals surface area contributed by atoms with Crippen molar-refractivity contribution in [3.05, 3.63) is 102 Å².